The number of amides is 1. The van der Waals surface area contributed by atoms with Crippen LogP contribution >= 0.6 is 0 Å². The van der Waals surface area contributed by atoms with Gasteiger partial charge in [-0.15, -0.1) is 0 Å². The number of aromatic nitrogens is 1. The van der Waals surface area contributed by atoms with E-state index in [-0.39, 0.29) is 11.6 Å². The number of hydrogen-bond acceptors (Lipinski definition) is 3. The van der Waals surface area contributed by atoms with Crippen LogP contribution in [0.15, 0.2) is 54.6 Å². The van der Waals surface area contributed by atoms with E-state index in [0.717, 1.165) is 6.42 Å². The third-order valence-electron chi connectivity index (χ3n) is 4.81. The third-order valence-corrected chi connectivity index (χ3v) is 4.81. The predicted octanol–water partition coefficient (Wildman–Crippen LogP) is 3.71. The van der Waals surface area contributed by atoms with Gasteiger partial charge in [0.25, 0.3) is 11.6 Å². The van der Waals surface area contributed by atoms with Gasteiger partial charge in [0.05, 0.1) is 4.92 Å². The Labute approximate surface area is 144 Å². The van der Waals surface area contributed by atoms with Crippen LogP contribution in [0.1, 0.15) is 28.4 Å². The zero-order valence-corrected chi connectivity index (χ0v) is 13.5. The third kappa shape index (κ3) is 2.76. The molecule has 6 heteroatoms. The molecule has 0 bridgehead atoms. The molecule has 0 aliphatic carbocycles. The van der Waals surface area contributed by atoms with Crippen LogP contribution in [-0.2, 0) is 0 Å². The first-order valence-corrected chi connectivity index (χ1v) is 8.24. The second-order valence-electron chi connectivity index (χ2n) is 6.33. The van der Waals surface area contributed by atoms with Crippen molar-refractivity contribution in [1.29, 1.82) is 0 Å². The van der Waals surface area contributed by atoms with Gasteiger partial charge in [-0.05, 0) is 18.1 Å². The van der Waals surface area contributed by atoms with Gasteiger partial charge in [0.2, 0.25) is 0 Å². The van der Waals surface area contributed by atoms with Gasteiger partial charge in [-0.1, -0.05) is 42.5 Å². The van der Waals surface area contributed by atoms with Crippen molar-refractivity contribution in [3.05, 3.63) is 76.0 Å². The Balaban J connectivity index is 1.59. The van der Waals surface area contributed by atoms with Crippen molar-refractivity contribution in [2.45, 2.75) is 12.3 Å². The number of carbonyl (C=O) groups excluding carboxylic acids is 1. The zero-order valence-electron chi connectivity index (χ0n) is 13.5. The summed E-state index contributed by atoms with van der Waals surface area (Å²) in [6, 6.07) is 16.7. The summed E-state index contributed by atoms with van der Waals surface area (Å²) in [5, 5.41) is 11.8. The first kappa shape index (κ1) is 15.4. The lowest BCUT2D eigenvalue weighted by Crippen LogP contribution is -2.28. The number of rotatable bonds is 3. The van der Waals surface area contributed by atoms with Gasteiger partial charge in [0.15, 0.2) is 0 Å². The summed E-state index contributed by atoms with van der Waals surface area (Å²) in [4.78, 5) is 28.3. The van der Waals surface area contributed by atoms with Gasteiger partial charge < -0.3 is 9.88 Å². The molecule has 1 saturated heterocycles. The molecule has 1 atom stereocenters. The molecule has 0 spiro atoms. The molecule has 1 aliphatic rings. The minimum absolute atomic E-state index is 0.0138. The first-order valence-electron chi connectivity index (χ1n) is 8.24. The van der Waals surface area contributed by atoms with Crippen LogP contribution < -0.4 is 0 Å². The fourth-order valence-electron chi connectivity index (χ4n) is 3.52. The summed E-state index contributed by atoms with van der Waals surface area (Å²) in [5.41, 5.74) is 2.03. The number of hydrogen-bond donors (Lipinski definition) is 1. The maximum Gasteiger partial charge on any atom is 0.293 e. The Bertz CT molecular complexity index is 949. The van der Waals surface area contributed by atoms with Crippen LogP contribution in [0, 0.1) is 10.1 Å². The molecule has 0 saturated carbocycles. The number of aromatic amines is 1. The van der Waals surface area contributed by atoms with Crippen molar-refractivity contribution in [1.82, 2.24) is 9.88 Å². The number of nitrogens with zero attached hydrogens (tertiary/aromatic N) is 2. The molecule has 1 aromatic heterocycles. The molecule has 25 heavy (non-hydrogen) atoms. The van der Waals surface area contributed by atoms with Gasteiger partial charge in [0.1, 0.15) is 11.2 Å². The van der Waals surface area contributed by atoms with E-state index in [4.69, 9.17) is 0 Å². The number of fused-ring (bicyclic) bond motifs is 1. The highest BCUT2D eigenvalue weighted by Crippen LogP contribution is 2.30. The summed E-state index contributed by atoms with van der Waals surface area (Å²) in [6.45, 7) is 1.36. The van der Waals surface area contributed by atoms with Crippen molar-refractivity contribution in [2.24, 2.45) is 0 Å². The Morgan fingerprint density at radius 2 is 1.96 bits per heavy atom. The van der Waals surface area contributed by atoms with Crippen molar-refractivity contribution in [3.63, 3.8) is 0 Å². The van der Waals surface area contributed by atoms with E-state index >= 15 is 0 Å². The zero-order chi connectivity index (χ0) is 17.4. The number of nitrogens with one attached hydrogen (secondary N) is 1. The molecular formula is C19H17N3O3. The second-order valence-corrected chi connectivity index (χ2v) is 6.33. The monoisotopic (exact) mass is 335 g/mol. The number of benzene rings is 2. The topological polar surface area (TPSA) is 79.2 Å². The standard InChI is InChI=1S/C19H17N3O3/c23-19(21-10-9-15(12-21)13-5-2-1-3-6-13)16-11-14-7-4-8-17(22(24)25)18(14)20-16/h1-8,11,15,20H,9-10,12H2/t15-/m1/s1. The molecule has 0 radical (unpaired) electrons. The van der Waals surface area contributed by atoms with Crippen LogP contribution in [0.4, 0.5) is 5.69 Å². The molecule has 2 aromatic carbocycles. The van der Waals surface area contributed by atoms with Gasteiger partial charge in [0, 0.05) is 30.5 Å². The van der Waals surface area contributed by atoms with Gasteiger partial charge in [-0.3, -0.25) is 14.9 Å². The Morgan fingerprint density at radius 3 is 2.72 bits per heavy atom. The lowest BCUT2D eigenvalue weighted by atomic mass is 9.99. The van der Waals surface area contributed by atoms with E-state index in [1.54, 1.807) is 18.2 Å². The van der Waals surface area contributed by atoms with Crippen LogP contribution in [0.5, 0.6) is 0 Å². The Kier molecular flexibility index (Phi) is 3.72. The quantitative estimate of drug-likeness (QED) is 0.585. The average Bonchev–Trinajstić information content (AvgIpc) is 3.28. The molecule has 1 fully saturated rings. The normalized spacial score (nSPS) is 17.1. The van der Waals surface area contributed by atoms with Crippen molar-refractivity contribution in [3.8, 4) is 0 Å². The molecule has 0 unspecified atom stereocenters. The summed E-state index contributed by atoms with van der Waals surface area (Å²) in [5.74, 6) is 0.229. The largest absolute Gasteiger partial charge is 0.345 e. The van der Waals surface area contributed by atoms with E-state index in [9.17, 15) is 14.9 Å². The van der Waals surface area contributed by atoms with E-state index in [1.807, 2.05) is 23.1 Å². The minimum atomic E-state index is -0.436. The molecule has 4 rings (SSSR count). The average molecular weight is 335 g/mol. The number of likely N-dealkylation sites (tertiary alicyclic amines) is 1. The van der Waals surface area contributed by atoms with Crippen molar-refractivity contribution >= 4 is 22.5 Å². The predicted molar refractivity (Wildman–Crippen MR) is 94.7 cm³/mol. The van der Waals surface area contributed by atoms with Crippen LogP contribution in [0.3, 0.4) is 0 Å². The lowest BCUT2D eigenvalue weighted by Gasteiger charge is -2.15. The van der Waals surface area contributed by atoms with E-state index in [2.05, 4.69) is 17.1 Å². The van der Waals surface area contributed by atoms with E-state index < -0.39 is 4.92 Å². The highest BCUT2D eigenvalue weighted by Gasteiger charge is 2.29. The highest BCUT2D eigenvalue weighted by atomic mass is 16.6. The van der Waals surface area contributed by atoms with Gasteiger partial charge in [-0.2, -0.15) is 0 Å². The molecule has 6 nitrogen and oxygen atoms in total. The molecule has 126 valence electrons. The Hall–Kier alpha value is -3.15. The first-order chi connectivity index (χ1) is 12.1. The number of non-ortho nitro benzene ring substituents is 1. The fourth-order valence-corrected chi connectivity index (χ4v) is 3.52. The van der Waals surface area contributed by atoms with Crippen LogP contribution in [0.25, 0.3) is 10.9 Å². The molecular weight excluding hydrogens is 318 g/mol. The Morgan fingerprint density at radius 1 is 1.16 bits per heavy atom. The second kappa shape index (κ2) is 6.05. The summed E-state index contributed by atoms with van der Waals surface area (Å²) >= 11 is 0. The highest BCUT2D eigenvalue weighted by molar-refractivity contribution is 6.00. The molecule has 3 aromatic rings. The van der Waals surface area contributed by atoms with E-state index in [0.29, 0.717) is 35.6 Å². The van der Waals surface area contributed by atoms with Crippen LogP contribution in [-0.4, -0.2) is 33.8 Å². The number of para-hydroxylation sites is 1. The van der Waals surface area contributed by atoms with Crippen LogP contribution in [0.2, 0.25) is 0 Å². The summed E-state index contributed by atoms with van der Waals surface area (Å²) < 4.78 is 0. The SMILES string of the molecule is O=C(c1cc2cccc([N+](=O)[O-])c2[nH]1)N1CC[C@@H](c2ccccc2)C1. The number of nitro benzene ring substituents is 1. The van der Waals surface area contributed by atoms with E-state index in [1.165, 1.54) is 11.6 Å². The number of carbonyl (C=O) groups is 1. The van der Waals surface area contributed by atoms with Gasteiger partial charge >= 0.3 is 0 Å². The summed E-state index contributed by atoms with van der Waals surface area (Å²) in [7, 11) is 0. The molecule has 1 N–H and O–H groups in total. The summed E-state index contributed by atoms with van der Waals surface area (Å²) in [6.07, 6.45) is 0.927. The fraction of sp³-hybridized carbons (Fsp3) is 0.211. The number of nitro groups is 1. The molecule has 1 aliphatic heterocycles. The maximum atomic E-state index is 12.8. The minimum Gasteiger partial charge on any atom is -0.345 e. The van der Waals surface area contributed by atoms with Crippen molar-refractivity contribution < 1.29 is 9.72 Å². The molecule has 2 heterocycles. The van der Waals surface area contributed by atoms with Crippen molar-refractivity contribution in [2.75, 3.05) is 13.1 Å². The number of H-pyrrole nitrogens is 1. The maximum absolute atomic E-state index is 12.8. The lowest BCUT2D eigenvalue weighted by molar-refractivity contribution is -0.383. The smallest absolute Gasteiger partial charge is 0.293 e. The molecule has 1 amide bonds. The van der Waals surface area contributed by atoms with Gasteiger partial charge in [-0.25, -0.2) is 0 Å².